The molecule has 0 spiro atoms. The minimum atomic E-state index is -4.34. The lowest BCUT2D eigenvalue weighted by Gasteiger charge is -2.24. The van der Waals surface area contributed by atoms with Crippen molar-refractivity contribution < 1.29 is 23.1 Å². The van der Waals surface area contributed by atoms with E-state index in [1.807, 2.05) is 0 Å². The molecular weight excluding hydrogens is 309 g/mol. The number of carboxylic acids is 1. The highest BCUT2D eigenvalue weighted by atomic mass is 32.2. The fourth-order valence-electron chi connectivity index (χ4n) is 1.76. The summed E-state index contributed by atoms with van der Waals surface area (Å²) in [6.45, 7) is 2.97. The standard InChI is InChI=1S/C11H17F3N4O2S/c1-3-5-17(7-11(12,13)14)9-15-16-10(18(9)4-2)21-6-8(19)20/h3-7H2,1-2H3,(H,19,20). The van der Waals surface area contributed by atoms with Crippen LogP contribution in [0.25, 0.3) is 0 Å². The summed E-state index contributed by atoms with van der Waals surface area (Å²) in [6, 6.07) is 0. The van der Waals surface area contributed by atoms with Gasteiger partial charge in [-0.3, -0.25) is 9.36 Å². The molecule has 120 valence electrons. The molecule has 0 bridgehead atoms. The van der Waals surface area contributed by atoms with Crippen LogP contribution < -0.4 is 4.90 Å². The smallest absolute Gasteiger partial charge is 0.406 e. The van der Waals surface area contributed by atoms with E-state index in [2.05, 4.69) is 10.2 Å². The summed E-state index contributed by atoms with van der Waals surface area (Å²) < 4.78 is 39.4. The van der Waals surface area contributed by atoms with Gasteiger partial charge in [-0.15, -0.1) is 10.2 Å². The van der Waals surface area contributed by atoms with Crippen molar-refractivity contribution in [3.05, 3.63) is 0 Å². The molecule has 1 N–H and O–H groups in total. The van der Waals surface area contributed by atoms with Crippen LogP contribution >= 0.6 is 11.8 Å². The topological polar surface area (TPSA) is 71.2 Å². The third-order valence-corrected chi connectivity index (χ3v) is 3.44. The Bertz CT molecular complexity index is 479. The Morgan fingerprint density at radius 1 is 1.38 bits per heavy atom. The van der Waals surface area contributed by atoms with Crippen LogP contribution in [0.1, 0.15) is 20.3 Å². The molecule has 1 aromatic rings. The molecule has 0 aromatic carbocycles. The number of hydrogen-bond donors (Lipinski definition) is 1. The van der Waals surface area contributed by atoms with Crippen LogP contribution in [0.5, 0.6) is 0 Å². The van der Waals surface area contributed by atoms with E-state index in [0.29, 0.717) is 18.1 Å². The van der Waals surface area contributed by atoms with Crippen molar-refractivity contribution in [1.29, 1.82) is 0 Å². The summed E-state index contributed by atoms with van der Waals surface area (Å²) >= 11 is 0.936. The molecule has 0 fully saturated rings. The quantitative estimate of drug-likeness (QED) is 0.739. The predicted octanol–water partition coefficient (Wildman–Crippen LogP) is 2.25. The molecule has 21 heavy (non-hydrogen) atoms. The Balaban J connectivity index is 2.99. The minimum Gasteiger partial charge on any atom is -0.481 e. The van der Waals surface area contributed by atoms with E-state index in [1.54, 1.807) is 13.8 Å². The van der Waals surface area contributed by atoms with E-state index in [-0.39, 0.29) is 18.2 Å². The molecule has 0 saturated carbocycles. The van der Waals surface area contributed by atoms with Gasteiger partial charge in [-0.1, -0.05) is 18.7 Å². The number of halogens is 3. The lowest BCUT2D eigenvalue weighted by atomic mass is 10.4. The number of anilines is 1. The van der Waals surface area contributed by atoms with Crippen LogP contribution in [0.15, 0.2) is 5.16 Å². The lowest BCUT2D eigenvalue weighted by Crippen LogP contribution is -2.36. The third-order valence-electron chi connectivity index (χ3n) is 2.48. The number of carbonyl (C=O) groups is 1. The molecule has 10 heteroatoms. The first-order valence-corrected chi connectivity index (χ1v) is 7.36. The highest BCUT2D eigenvalue weighted by Gasteiger charge is 2.32. The Morgan fingerprint density at radius 3 is 2.52 bits per heavy atom. The van der Waals surface area contributed by atoms with E-state index in [0.717, 1.165) is 16.7 Å². The maximum Gasteiger partial charge on any atom is 0.406 e. The molecule has 0 aliphatic rings. The van der Waals surface area contributed by atoms with Crippen molar-refractivity contribution in [3.8, 4) is 0 Å². The SMILES string of the molecule is CCCN(CC(F)(F)F)c1nnc(SCC(=O)O)n1CC. The van der Waals surface area contributed by atoms with E-state index >= 15 is 0 Å². The molecule has 0 radical (unpaired) electrons. The second kappa shape index (κ2) is 7.53. The number of hydrogen-bond acceptors (Lipinski definition) is 5. The van der Waals surface area contributed by atoms with E-state index in [4.69, 9.17) is 5.11 Å². The third kappa shape index (κ3) is 5.44. The zero-order valence-corrected chi connectivity index (χ0v) is 12.5. The second-order valence-electron chi connectivity index (χ2n) is 4.25. The van der Waals surface area contributed by atoms with Crippen molar-refractivity contribution in [2.24, 2.45) is 0 Å². The number of nitrogens with zero attached hydrogens (tertiary/aromatic N) is 4. The molecule has 1 aromatic heterocycles. The van der Waals surface area contributed by atoms with Crippen LogP contribution in [0.4, 0.5) is 19.1 Å². The van der Waals surface area contributed by atoms with Gasteiger partial charge in [0, 0.05) is 13.1 Å². The number of aliphatic carboxylic acids is 1. The Labute approximate surface area is 124 Å². The van der Waals surface area contributed by atoms with Gasteiger partial charge >= 0.3 is 12.1 Å². The minimum absolute atomic E-state index is 0.115. The first-order chi connectivity index (χ1) is 9.78. The molecule has 0 aliphatic heterocycles. The van der Waals surface area contributed by atoms with Gasteiger partial charge in [0.25, 0.3) is 0 Å². The monoisotopic (exact) mass is 326 g/mol. The predicted molar refractivity (Wildman–Crippen MR) is 72.6 cm³/mol. The molecule has 0 saturated heterocycles. The summed E-state index contributed by atoms with van der Waals surface area (Å²) in [7, 11) is 0. The fourth-order valence-corrected chi connectivity index (χ4v) is 2.48. The average Bonchev–Trinajstić information content (AvgIpc) is 2.76. The normalized spacial score (nSPS) is 11.7. The van der Waals surface area contributed by atoms with Crippen molar-refractivity contribution >= 4 is 23.7 Å². The highest BCUT2D eigenvalue weighted by Crippen LogP contribution is 2.25. The number of aromatic nitrogens is 3. The Morgan fingerprint density at radius 2 is 2.05 bits per heavy atom. The number of thioether (sulfide) groups is 1. The molecule has 1 rings (SSSR count). The number of carboxylic acid groups (broad SMARTS) is 1. The van der Waals surface area contributed by atoms with Crippen molar-refractivity contribution in [1.82, 2.24) is 14.8 Å². The van der Waals surface area contributed by atoms with Crippen LogP contribution in [0.2, 0.25) is 0 Å². The van der Waals surface area contributed by atoms with Crippen LogP contribution in [-0.4, -0.2) is 50.9 Å². The van der Waals surface area contributed by atoms with Crippen molar-refractivity contribution in [2.45, 2.75) is 38.1 Å². The largest absolute Gasteiger partial charge is 0.481 e. The highest BCUT2D eigenvalue weighted by molar-refractivity contribution is 7.99. The van der Waals surface area contributed by atoms with Gasteiger partial charge in [-0.2, -0.15) is 13.2 Å². The molecule has 0 unspecified atom stereocenters. The maximum atomic E-state index is 12.6. The zero-order valence-electron chi connectivity index (χ0n) is 11.7. The summed E-state index contributed by atoms with van der Waals surface area (Å²) in [5.74, 6) is -1.12. The first kappa shape index (κ1) is 17.6. The summed E-state index contributed by atoms with van der Waals surface area (Å²) in [4.78, 5) is 11.7. The molecule has 0 amide bonds. The van der Waals surface area contributed by atoms with Gasteiger partial charge < -0.3 is 10.0 Å². The number of rotatable bonds is 8. The molecule has 0 atom stereocenters. The van der Waals surface area contributed by atoms with Gasteiger partial charge in [0.1, 0.15) is 6.54 Å². The van der Waals surface area contributed by atoms with Gasteiger partial charge in [0.05, 0.1) is 5.75 Å². The second-order valence-corrected chi connectivity index (χ2v) is 5.19. The number of alkyl halides is 3. The zero-order chi connectivity index (χ0) is 16.0. The van der Waals surface area contributed by atoms with Crippen LogP contribution in [-0.2, 0) is 11.3 Å². The van der Waals surface area contributed by atoms with E-state index < -0.39 is 18.7 Å². The lowest BCUT2D eigenvalue weighted by molar-refractivity contribution is -0.134. The Hall–Kier alpha value is -1.45. The average molecular weight is 326 g/mol. The Kier molecular flexibility index (Phi) is 6.31. The molecule has 6 nitrogen and oxygen atoms in total. The molecular formula is C11H17F3N4O2S. The van der Waals surface area contributed by atoms with Crippen LogP contribution in [0, 0.1) is 0 Å². The van der Waals surface area contributed by atoms with Gasteiger partial charge in [-0.05, 0) is 13.3 Å². The van der Waals surface area contributed by atoms with Gasteiger partial charge in [-0.25, -0.2) is 0 Å². The van der Waals surface area contributed by atoms with E-state index in [9.17, 15) is 18.0 Å². The summed E-state index contributed by atoms with van der Waals surface area (Å²) in [5.41, 5.74) is 0. The van der Waals surface area contributed by atoms with Crippen LogP contribution in [0.3, 0.4) is 0 Å². The first-order valence-electron chi connectivity index (χ1n) is 6.38. The fraction of sp³-hybridized carbons (Fsp3) is 0.727. The molecule has 1 heterocycles. The summed E-state index contributed by atoms with van der Waals surface area (Å²) in [5, 5.41) is 16.5. The maximum absolute atomic E-state index is 12.6. The van der Waals surface area contributed by atoms with Crippen molar-refractivity contribution in [2.75, 3.05) is 23.7 Å². The van der Waals surface area contributed by atoms with E-state index in [1.165, 1.54) is 4.57 Å². The van der Waals surface area contributed by atoms with Crippen molar-refractivity contribution in [3.63, 3.8) is 0 Å². The summed E-state index contributed by atoms with van der Waals surface area (Å²) in [6.07, 6.45) is -3.81. The van der Waals surface area contributed by atoms with Gasteiger partial charge in [0.2, 0.25) is 5.95 Å². The molecule has 0 aliphatic carbocycles. The van der Waals surface area contributed by atoms with Gasteiger partial charge in [0.15, 0.2) is 5.16 Å².